The molecule has 0 heterocycles. The Labute approximate surface area is 108 Å². The van der Waals surface area contributed by atoms with Crippen LogP contribution >= 0.6 is 0 Å². The van der Waals surface area contributed by atoms with E-state index in [4.69, 9.17) is 9.78 Å². The first-order valence-electron chi connectivity index (χ1n) is 5.52. The smallest absolute Gasteiger partial charge is 0.264 e. The van der Waals surface area contributed by atoms with Crippen molar-refractivity contribution in [1.29, 1.82) is 0 Å². The molecule has 0 saturated heterocycles. The molecule has 0 atom stereocenters. The lowest BCUT2D eigenvalue weighted by atomic mass is 9.99. The summed E-state index contributed by atoms with van der Waals surface area (Å²) in [5, 5.41) is 0. The minimum Gasteiger partial charge on any atom is -0.268 e. The van der Waals surface area contributed by atoms with E-state index in [0.29, 0.717) is 0 Å². The number of rotatable bonds is 7. The molecule has 0 amide bonds. The zero-order valence-electron chi connectivity index (χ0n) is 10.8. The average molecular weight is 274 g/mol. The van der Waals surface area contributed by atoms with Gasteiger partial charge in [-0.1, -0.05) is 30.3 Å². The highest BCUT2D eigenvalue weighted by molar-refractivity contribution is 7.85. The molecule has 0 bridgehead atoms. The fraction of sp³-hybridized carbons (Fsp3) is 0.500. The molecule has 1 rings (SSSR count). The van der Waals surface area contributed by atoms with Crippen LogP contribution in [0, 0.1) is 0 Å². The second-order valence-corrected chi connectivity index (χ2v) is 5.95. The number of hydrogen-bond donors (Lipinski definition) is 0. The van der Waals surface area contributed by atoms with Crippen LogP contribution in [0.1, 0.15) is 19.4 Å². The van der Waals surface area contributed by atoms with E-state index in [1.165, 1.54) is 0 Å². The maximum absolute atomic E-state index is 10.7. The van der Waals surface area contributed by atoms with Crippen LogP contribution in [0.2, 0.25) is 0 Å². The fourth-order valence-electron chi connectivity index (χ4n) is 1.30. The number of benzene rings is 1. The van der Waals surface area contributed by atoms with Crippen LogP contribution in [0.15, 0.2) is 30.3 Å². The molecule has 18 heavy (non-hydrogen) atoms. The molecular weight excluding hydrogens is 256 g/mol. The summed E-state index contributed by atoms with van der Waals surface area (Å²) in [6, 6.07) is 9.59. The van der Waals surface area contributed by atoms with E-state index in [9.17, 15) is 8.42 Å². The topological polar surface area (TPSA) is 61.8 Å². The Morgan fingerprint density at radius 1 is 1.11 bits per heavy atom. The molecule has 5 nitrogen and oxygen atoms in total. The van der Waals surface area contributed by atoms with Crippen LogP contribution in [0.25, 0.3) is 0 Å². The average Bonchev–Trinajstić information content (AvgIpc) is 2.28. The van der Waals surface area contributed by atoms with Crippen LogP contribution in [0.5, 0.6) is 0 Å². The third-order valence-electron chi connectivity index (χ3n) is 2.20. The van der Waals surface area contributed by atoms with Crippen LogP contribution in [-0.4, -0.2) is 27.9 Å². The zero-order valence-corrected chi connectivity index (χ0v) is 11.6. The van der Waals surface area contributed by atoms with Gasteiger partial charge in [0.15, 0.2) is 0 Å². The van der Waals surface area contributed by atoms with Gasteiger partial charge in [0, 0.05) is 0 Å². The van der Waals surface area contributed by atoms with Gasteiger partial charge in [0.2, 0.25) is 0 Å². The fourth-order valence-corrected chi connectivity index (χ4v) is 1.67. The minimum atomic E-state index is -3.43. The van der Waals surface area contributed by atoms with Gasteiger partial charge in [-0.15, -0.1) is 0 Å². The van der Waals surface area contributed by atoms with E-state index in [-0.39, 0.29) is 13.2 Å². The van der Waals surface area contributed by atoms with E-state index >= 15 is 0 Å². The van der Waals surface area contributed by atoms with Crippen molar-refractivity contribution in [2.75, 3.05) is 19.5 Å². The van der Waals surface area contributed by atoms with Gasteiger partial charge >= 0.3 is 0 Å². The molecule has 0 N–H and O–H groups in total. The molecule has 0 unspecified atom stereocenters. The van der Waals surface area contributed by atoms with Gasteiger partial charge in [0.25, 0.3) is 10.1 Å². The van der Waals surface area contributed by atoms with Crippen molar-refractivity contribution in [2.24, 2.45) is 0 Å². The molecule has 1 aromatic carbocycles. The third kappa shape index (κ3) is 5.59. The summed E-state index contributed by atoms with van der Waals surface area (Å²) in [7, 11) is -3.43. The first-order chi connectivity index (χ1) is 8.31. The highest BCUT2D eigenvalue weighted by Gasteiger charge is 2.22. The van der Waals surface area contributed by atoms with Gasteiger partial charge in [0.1, 0.15) is 12.2 Å². The second kappa shape index (κ2) is 6.29. The van der Waals surface area contributed by atoms with Crippen LogP contribution in [0.3, 0.4) is 0 Å². The van der Waals surface area contributed by atoms with Crippen molar-refractivity contribution >= 4 is 10.1 Å². The van der Waals surface area contributed by atoms with E-state index < -0.39 is 15.7 Å². The van der Waals surface area contributed by atoms with Gasteiger partial charge in [-0.2, -0.15) is 8.42 Å². The molecule has 0 spiro atoms. The Morgan fingerprint density at radius 3 is 2.28 bits per heavy atom. The summed E-state index contributed by atoms with van der Waals surface area (Å²) in [4.78, 5) is 10.2. The number of hydrogen-bond acceptors (Lipinski definition) is 5. The van der Waals surface area contributed by atoms with Gasteiger partial charge in [-0.05, 0) is 19.4 Å². The van der Waals surface area contributed by atoms with Crippen molar-refractivity contribution in [3.63, 3.8) is 0 Å². The van der Waals surface area contributed by atoms with E-state index in [0.717, 1.165) is 11.8 Å². The van der Waals surface area contributed by atoms with Crippen LogP contribution in [0.4, 0.5) is 0 Å². The lowest BCUT2D eigenvalue weighted by molar-refractivity contribution is -0.359. The molecule has 0 radical (unpaired) electrons. The maximum atomic E-state index is 10.7. The molecule has 0 aliphatic carbocycles. The molecule has 0 aromatic heterocycles. The van der Waals surface area contributed by atoms with Crippen LogP contribution in [-0.2, 0) is 29.7 Å². The molecule has 0 fully saturated rings. The molecule has 0 saturated carbocycles. The summed E-state index contributed by atoms with van der Waals surface area (Å²) in [5.74, 6) is 0. The first kappa shape index (κ1) is 15.1. The molecule has 1 aromatic rings. The predicted octanol–water partition coefficient (Wildman–Crippen LogP) is 1.85. The molecule has 0 aliphatic rings. The highest BCUT2D eigenvalue weighted by Crippen LogP contribution is 2.24. The van der Waals surface area contributed by atoms with Crippen molar-refractivity contribution in [3.05, 3.63) is 35.9 Å². The molecule has 6 heteroatoms. The lowest BCUT2D eigenvalue weighted by Crippen LogP contribution is -2.23. The van der Waals surface area contributed by atoms with Gasteiger partial charge in [-0.3, -0.25) is 4.18 Å². The third-order valence-corrected chi connectivity index (χ3v) is 2.80. The Morgan fingerprint density at radius 2 is 1.72 bits per heavy atom. The van der Waals surface area contributed by atoms with E-state index in [1.807, 2.05) is 44.2 Å². The molecule has 102 valence electrons. The van der Waals surface area contributed by atoms with Crippen molar-refractivity contribution in [2.45, 2.75) is 19.4 Å². The SMILES string of the molecule is CC(C)(OOCCOS(C)(=O)=O)c1ccccc1. The monoisotopic (exact) mass is 274 g/mol. The van der Waals surface area contributed by atoms with Gasteiger partial charge in [-0.25, -0.2) is 9.78 Å². The summed E-state index contributed by atoms with van der Waals surface area (Å²) >= 11 is 0. The molecule has 0 aliphatic heterocycles. The quantitative estimate of drug-likeness (QED) is 0.328. The van der Waals surface area contributed by atoms with Gasteiger partial charge < -0.3 is 0 Å². The maximum Gasteiger partial charge on any atom is 0.264 e. The standard InChI is InChI=1S/C12H18O5S/c1-12(2,11-7-5-4-6-8-11)17-15-9-10-16-18(3,13)14/h4-8H,9-10H2,1-3H3. The molecular formula is C12H18O5S. The Hall–Kier alpha value is -0.950. The normalized spacial score (nSPS) is 12.6. The lowest BCUT2D eigenvalue weighted by Gasteiger charge is -2.23. The first-order valence-corrected chi connectivity index (χ1v) is 7.33. The zero-order chi connectivity index (χ0) is 13.6. The van der Waals surface area contributed by atoms with Crippen LogP contribution < -0.4 is 0 Å². The van der Waals surface area contributed by atoms with Crippen molar-refractivity contribution < 1.29 is 22.4 Å². The summed E-state index contributed by atoms with van der Waals surface area (Å²) < 4.78 is 25.9. The van der Waals surface area contributed by atoms with Crippen molar-refractivity contribution in [1.82, 2.24) is 0 Å². The van der Waals surface area contributed by atoms with E-state index in [2.05, 4.69) is 4.18 Å². The highest BCUT2D eigenvalue weighted by atomic mass is 32.2. The van der Waals surface area contributed by atoms with Crippen molar-refractivity contribution in [3.8, 4) is 0 Å². The Kier molecular flexibility index (Phi) is 5.28. The second-order valence-electron chi connectivity index (χ2n) is 4.31. The summed E-state index contributed by atoms with van der Waals surface area (Å²) in [5.41, 5.74) is 0.362. The summed E-state index contributed by atoms with van der Waals surface area (Å²) in [6.07, 6.45) is 0.988. The Bertz CT molecular complexity index is 453. The van der Waals surface area contributed by atoms with Gasteiger partial charge in [0.05, 0.1) is 12.9 Å². The van der Waals surface area contributed by atoms with E-state index in [1.54, 1.807) is 0 Å². The Balaban J connectivity index is 2.35. The minimum absolute atomic E-state index is 0.0450. The largest absolute Gasteiger partial charge is 0.268 e. The summed E-state index contributed by atoms with van der Waals surface area (Å²) in [6.45, 7) is 3.70. The predicted molar refractivity (Wildman–Crippen MR) is 67.3 cm³/mol.